The Kier molecular flexibility index (Phi) is 3.67. The van der Waals surface area contributed by atoms with Gasteiger partial charge in [0.15, 0.2) is 5.78 Å². The molecular weight excluding hydrogens is 310 g/mol. The number of pyridine rings is 1. The van der Waals surface area contributed by atoms with Crippen LogP contribution in [0.5, 0.6) is 0 Å². The first-order chi connectivity index (χ1) is 11.3. The van der Waals surface area contributed by atoms with Crippen LogP contribution in [-0.2, 0) is 6.42 Å². The van der Waals surface area contributed by atoms with Crippen molar-refractivity contribution in [3.63, 3.8) is 0 Å². The van der Waals surface area contributed by atoms with Crippen molar-refractivity contribution in [2.75, 3.05) is 0 Å². The second-order valence-electron chi connectivity index (χ2n) is 5.28. The van der Waals surface area contributed by atoms with E-state index in [2.05, 4.69) is 15.1 Å². The smallest absolute Gasteiger partial charge is 0.258 e. The summed E-state index contributed by atoms with van der Waals surface area (Å²) in [6, 6.07) is 11.4. The highest BCUT2D eigenvalue weighted by Crippen LogP contribution is 2.33. The zero-order chi connectivity index (χ0) is 15.6. The fraction of sp³-hybridized carbons (Fsp3) is 0.176. The molecule has 0 amide bonds. The molecule has 0 fully saturated rings. The average molecular weight is 323 g/mol. The van der Waals surface area contributed by atoms with E-state index in [1.165, 1.54) is 11.8 Å². The van der Waals surface area contributed by atoms with Crippen molar-refractivity contribution >= 4 is 17.5 Å². The van der Waals surface area contributed by atoms with Gasteiger partial charge in [0.2, 0.25) is 5.16 Å². The molecule has 114 valence electrons. The Hall–Kier alpha value is -2.47. The average Bonchev–Trinajstić information content (AvgIpc) is 3.07. The van der Waals surface area contributed by atoms with Gasteiger partial charge in [-0.05, 0) is 35.7 Å². The highest BCUT2D eigenvalue weighted by Gasteiger charge is 2.29. The van der Waals surface area contributed by atoms with Crippen molar-refractivity contribution in [2.45, 2.75) is 23.2 Å². The molecule has 5 nitrogen and oxygen atoms in total. The molecular formula is C17H13N3O2S. The Morgan fingerprint density at radius 1 is 1.13 bits per heavy atom. The van der Waals surface area contributed by atoms with Crippen molar-refractivity contribution in [3.8, 4) is 11.5 Å². The highest BCUT2D eigenvalue weighted by atomic mass is 32.2. The Morgan fingerprint density at radius 3 is 2.83 bits per heavy atom. The maximum Gasteiger partial charge on any atom is 0.258 e. The number of Topliss-reactive ketones (excluding diaryl/α,β-unsaturated/α-hetero) is 1. The van der Waals surface area contributed by atoms with Crippen LogP contribution < -0.4 is 0 Å². The van der Waals surface area contributed by atoms with Gasteiger partial charge in [0.1, 0.15) is 0 Å². The number of aromatic nitrogens is 3. The standard InChI is InChI=1S/C17H13N3O2S/c21-15-13-4-2-1-3-11(13)5-6-14(15)23-17-19-16(22-20-17)12-7-9-18-10-8-12/h1-4,7-10,14H,5-6H2. The minimum atomic E-state index is -0.159. The number of aryl methyl sites for hydroxylation is 1. The predicted octanol–water partition coefficient (Wildman–Crippen LogP) is 3.42. The van der Waals surface area contributed by atoms with E-state index in [0.717, 1.165) is 29.5 Å². The summed E-state index contributed by atoms with van der Waals surface area (Å²) in [7, 11) is 0. The van der Waals surface area contributed by atoms with Crippen molar-refractivity contribution in [3.05, 3.63) is 59.9 Å². The summed E-state index contributed by atoms with van der Waals surface area (Å²) in [6.45, 7) is 0. The molecule has 0 bridgehead atoms. The van der Waals surface area contributed by atoms with Crippen molar-refractivity contribution in [1.82, 2.24) is 15.1 Å². The summed E-state index contributed by atoms with van der Waals surface area (Å²) in [5, 5.41) is 4.32. The van der Waals surface area contributed by atoms with E-state index in [-0.39, 0.29) is 11.0 Å². The van der Waals surface area contributed by atoms with Gasteiger partial charge < -0.3 is 4.52 Å². The number of fused-ring (bicyclic) bond motifs is 1. The Labute approximate surface area is 137 Å². The monoisotopic (exact) mass is 323 g/mol. The van der Waals surface area contributed by atoms with Gasteiger partial charge in [-0.3, -0.25) is 9.78 Å². The number of ketones is 1. The second-order valence-corrected chi connectivity index (χ2v) is 6.45. The summed E-state index contributed by atoms with van der Waals surface area (Å²) >= 11 is 1.37. The molecule has 1 aromatic carbocycles. The number of carbonyl (C=O) groups excluding carboxylic acids is 1. The molecule has 0 saturated heterocycles. The van der Waals surface area contributed by atoms with E-state index in [4.69, 9.17) is 4.52 Å². The first-order valence-corrected chi connectivity index (χ1v) is 8.22. The molecule has 3 aromatic rings. The van der Waals surface area contributed by atoms with E-state index < -0.39 is 0 Å². The van der Waals surface area contributed by atoms with Crippen LogP contribution in [0.3, 0.4) is 0 Å². The lowest BCUT2D eigenvalue weighted by atomic mass is 9.90. The number of nitrogens with zero attached hydrogens (tertiary/aromatic N) is 3. The van der Waals surface area contributed by atoms with Crippen LogP contribution in [0.15, 0.2) is 58.5 Å². The van der Waals surface area contributed by atoms with Crippen LogP contribution >= 0.6 is 11.8 Å². The molecule has 0 spiro atoms. The summed E-state index contributed by atoms with van der Waals surface area (Å²) in [4.78, 5) is 20.9. The predicted molar refractivity (Wildman–Crippen MR) is 86.3 cm³/mol. The van der Waals surface area contributed by atoms with Crippen LogP contribution in [0.2, 0.25) is 0 Å². The van der Waals surface area contributed by atoms with Gasteiger partial charge in [0.25, 0.3) is 5.89 Å². The van der Waals surface area contributed by atoms with E-state index in [9.17, 15) is 4.79 Å². The number of hydrogen-bond acceptors (Lipinski definition) is 6. The van der Waals surface area contributed by atoms with Crippen LogP contribution in [0.4, 0.5) is 0 Å². The molecule has 2 aromatic heterocycles. The molecule has 0 aliphatic heterocycles. The largest absolute Gasteiger partial charge is 0.333 e. The third-order valence-corrected chi connectivity index (χ3v) is 4.94. The van der Waals surface area contributed by atoms with Gasteiger partial charge in [0.05, 0.1) is 5.25 Å². The Balaban J connectivity index is 1.54. The lowest BCUT2D eigenvalue weighted by molar-refractivity contribution is 0.0979. The quantitative estimate of drug-likeness (QED) is 0.735. The molecule has 4 rings (SSSR count). The van der Waals surface area contributed by atoms with Crippen molar-refractivity contribution < 1.29 is 9.32 Å². The minimum absolute atomic E-state index is 0.145. The van der Waals surface area contributed by atoms with Gasteiger partial charge >= 0.3 is 0 Å². The van der Waals surface area contributed by atoms with Gasteiger partial charge in [-0.1, -0.05) is 36.0 Å². The lowest BCUT2D eigenvalue weighted by Crippen LogP contribution is -2.24. The van der Waals surface area contributed by atoms with Gasteiger partial charge in [-0.15, -0.1) is 0 Å². The minimum Gasteiger partial charge on any atom is -0.333 e. The molecule has 1 unspecified atom stereocenters. The van der Waals surface area contributed by atoms with Crippen LogP contribution in [0, 0.1) is 0 Å². The summed E-state index contributed by atoms with van der Waals surface area (Å²) in [6.07, 6.45) is 5.04. The molecule has 1 aliphatic carbocycles. The fourth-order valence-electron chi connectivity index (χ4n) is 2.68. The number of hydrogen-bond donors (Lipinski definition) is 0. The molecule has 1 aliphatic rings. The van der Waals surface area contributed by atoms with E-state index in [1.807, 2.05) is 36.4 Å². The number of benzene rings is 1. The molecule has 0 N–H and O–H groups in total. The molecule has 1 atom stereocenters. The highest BCUT2D eigenvalue weighted by molar-refractivity contribution is 8.00. The fourth-order valence-corrected chi connectivity index (χ4v) is 3.62. The first-order valence-electron chi connectivity index (χ1n) is 7.34. The SMILES string of the molecule is O=C1c2ccccc2CCC1Sc1noc(-c2ccncc2)n1. The van der Waals surface area contributed by atoms with E-state index in [0.29, 0.717) is 11.0 Å². The molecule has 2 heterocycles. The lowest BCUT2D eigenvalue weighted by Gasteiger charge is -2.21. The normalized spacial score (nSPS) is 17.0. The van der Waals surface area contributed by atoms with Gasteiger partial charge in [-0.25, -0.2) is 0 Å². The maximum absolute atomic E-state index is 12.6. The van der Waals surface area contributed by atoms with Crippen LogP contribution in [0.1, 0.15) is 22.3 Å². The van der Waals surface area contributed by atoms with Crippen molar-refractivity contribution in [2.24, 2.45) is 0 Å². The van der Waals surface area contributed by atoms with Crippen molar-refractivity contribution in [1.29, 1.82) is 0 Å². The third kappa shape index (κ3) is 2.77. The van der Waals surface area contributed by atoms with E-state index >= 15 is 0 Å². The maximum atomic E-state index is 12.6. The van der Waals surface area contributed by atoms with Gasteiger partial charge in [0, 0.05) is 23.5 Å². The molecule has 0 radical (unpaired) electrons. The third-order valence-electron chi connectivity index (χ3n) is 3.83. The first kappa shape index (κ1) is 14.1. The van der Waals surface area contributed by atoms with E-state index in [1.54, 1.807) is 12.4 Å². The zero-order valence-electron chi connectivity index (χ0n) is 12.2. The van der Waals surface area contributed by atoms with Gasteiger partial charge in [-0.2, -0.15) is 4.98 Å². The second kappa shape index (κ2) is 5.96. The Morgan fingerprint density at radius 2 is 1.96 bits per heavy atom. The molecule has 0 saturated carbocycles. The zero-order valence-corrected chi connectivity index (χ0v) is 13.0. The Bertz CT molecular complexity index is 848. The number of carbonyl (C=O) groups is 1. The summed E-state index contributed by atoms with van der Waals surface area (Å²) < 4.78 is 5.28. The summed E-state index contributed by atoms with van der Waals surface area (Å²) in [5.41, 5.74) is 2.76. The summed E-state index contributed by atoms with van der Waals surface area (Å²) in [5.74, 6) is 0.589. The number of thioether (sulfide) groups is 1. The van der Waals surface area contributed by atoms with Crippen LogP contribution in [-0.4, -0.2) is 26.2 Å². The number of rotatable bonds is 3. The topological polar surface area (TPSA) is 68.9 Å². The molecule has 23 heavy (non-hydrogen) atoms. The molecule has 6 heteroatoms. The van der Waals surface area contributed by atoms with Crippen LogP contribution in [0.25, 0.3) is 11.5 Å².